The summed E-state index contributed by atoms with van der Waals surface area (Å²) in [6.45, 7) is 1.49. The highest BCUT2D eigenvalue weighted by atomic mass is 19.3. The van der Waals surface area contributed by atoms with Crippen molar-refractivity contribution in [1.29, 1.82) is 0 Å². The molecule has 0 aliphatic heterocycles. The van der Waals surface area contributed by atoms with Crippen LogP contribution in [0.3, 0.4) is 0 Å². The summed E-state index contributed by atoms with van der Waals surface area (Å²) in [6, 6.07) is 0.798. The monoisotopic (exact) mass is 377 g/mol. The number of nitrogens with zero attached hydrogens (tertiary/aromatic N) is 3. The Bertz CT molecular complexity index is 786. The number of aryl methyl sites for hydroxylation is 1. The molecule has 0 N–H and O–H groups in total. The highest BCUT2D eigenvalue weighted by Gasteiger charge is 2.29. The first-order valence-electron chi connectivity index (χ1n) is 7.48. The number of amides is 1. The molecule has 2 aromatic rings. The summed E-state index contributed by atoms with van der Waals surface area (Å²) in [4.78, 5) is 17.5. The molecule has 0 aliphatic rings. The Labute approximate surface area is 145 Å². The van der Waals surface area contributed by atoms with Crippen LogP contribution in [0.4, 0.5) is 22.0 Å². The molecular weight excluding hydrogens is 361 g/mol. The number of hydrogen-bond donors (Lipinski definition) is 0. The van der Waals surface area contributed by atoms with E-state index < -0.39 is 41.5 Å². The minimum atomic E-state index is -2.97. The van der Waals surface area contributed by atoms with Gasteiger partial charge < -0.3 is 0 Å². The van der Waals surface area contributed by atoms with Crippen molar-refractivity contribution in [3.8, 4) is 0 Å². The second kappa shape index (κ2) is 7.81. The molecular formula is C16H16F5N3O2. The van der Waals surface area contributed by atoms with Gasteiger partial charge in [-0.25, -0.2) is 27.0 Å². The van der Waals surface area contributed by atoms with Crippen molar-refractivity contribution >= 4 is 5.91 Å². The number of hydrogen-bond acceptors (Lipinski definition) is 3. The number of rotatable bonds is 6. The highest BCUT2D eigenvalue weighted by Crippen LogP contribution is 2.24. The molecule has 5 nitrogen and oxygen atoms in total. The zero-order valence-corrected chi connectivity index (χ0v) is 14.1. The summed E-state index contributed by atoms with van der Waals surface area (Å²) in [5.41, 5.74) is -0.984. The van der Waals surface area contributed by atoms with Crippen LogP contribution >= 0.6 is 0 Å². The van der Waals surface area contributed by atoms with E-state index in [1.165, 1.54) is 14.0 Å². The average molecular weight is 377 g/mol. The first kappa shape index (κ1) is 19.8. The van der Waals surface area contributed by atoms with Gasteiger partial charge >= 0.3 is 0 Å². The second-order valence-corrected chi connectivity index (χ2v) is 5.64. The Kier molecular flexibility index (Phi) is 5.96. The van der Waals surface area contributed by atoms with E-state index in [0.717, 1.165) is 35.2 Å². The van der Waals surface area contributed by atoms with E-state index in [1.807, 2.05) is 0 Å². The third-order valence-electron chi connectivity index (χ3n) is 3.67. The summed E-state index contributed by atoms with van der Waals surface area (Å²) >= 11 is 0. The van der Waals surface area contributed by atoms with Gasteiger partial charge in [-0.1, -0.05) is 0 Å². The van der Waals surface area contributed by atoms with Crippen LogP contribution in [0.2, 0.25) is 0 Å². The van der Waals surface area contributed by atoms with Gasteiger partial charge in [0, 0.05) is 13.2 Å². The fraction of sp³-hybridized carbons (Fsp3) is 0.375. The summed E-state index contributed by atoms with van der Waals surface area (Å²) in [5.74, 6) is -5.21. The normalized spacial score (nSPS) is 12.5. The molecule has 1 unspecified atom stereocenters. The maximum absolute atomic E-state index is 13.3. The Balaban J connectivity index is 2.26. The lowest BCUT2D eigenvalue weighted by Gasteiger charge is -2.26. The topological polar surface area (TPSA) is 47.4 Å². The van der Waals surface area contributed by atoms with Crippen LogP contribution in [0.15, 0.2) is 18.3 Å². The van der Waals surface area contributed by atoms with Gasteiger partial charge in [-0.2, -0.15) is 5.10 Å². The van der Waals surface area contributed by atoms with Gasteiger partial charge in [0.25, 0.3) is 12.3 Å². The molecule has 10 heteroatoms. The summed E-state index contributed by atoms with van der Waals surface area (Å²) in [7, 11) is 2.53. The highest BCUT2D eigenvalue weighted by molar-refractivity contribution is 5.94. The molecule has 0 saturated heterocycles. The largest absolute Gasteiger partial charge is 0.282 e. The maximum atomic E-state index is 13.3. The Hall–Kier alpha value is -2.49. The lowest BCUT2D eigenvalue weighted by Crippen LogP contribution is -2.39. The molecule has 1 heterocycles. The van der Waals surface area contributed by atoms with Crippen LogP contribution < -0.4 is 0 Å². The zero-order chi connectivity index (χ0) is 19.6. The number of halogens is 5. The van der Waals surface area contributed by atoms with Crippen molar-refractivity contribution in [3.63, 3.8) is 0 Å². The molecule has 2 rings (SSSR count). The van der Waals surface area contributed by atoms with Crippen molar-refractivity contribution in [3.05, 3.63) is 52.6 Å². The molecule has 1 aromatic carbocycles. The fourth-order valence-electron chi connectivity index (χ4n) is 2.56. The number of benzene rings is 1. The van der Waals surface area contributed by atoms with Crippen LogP contribution in [0, 0.1) is 17.5 Å². The van der Waals surface area contributed by atoms with Crippen LogP contribution in [0.5, 0.6) is 0 Å². The minimum absolute atomic E-state index is 0.0732. The van der Waals surface area contributed by atoms with E-state index in [2.05, 4.69) is 5.10 Å². The molecule has 1 amide bonds. The molecule has 0 fully saturated rings. The lowest BCUT2D eigenvalue weighted by atomic mass is 10.1. The van der Waals surface area contributed by atoms with Crippen LogP contribution in [-0.4, -0.2) is 33.9 Å². The molecule has 0 saturated carbocycles. The first-order chi connectivity index (χ1) is 12.1. The van der Waals surface area contributed by atoms with Gasteiger partial charge in [0.15, 0.2) is 17.5 Å². The van der Waals surface area contributed by atoms with Crippen molar-refractivity contribution in [2.24, 2.45) is 7.05 Å². The molecule has 0 spiro atoms. The van der Waals surface area contributed by atoms with Gasteiger partial charge in [-0.05, 0) is 31.0 Å². The van der Waals surface area contributed by atoms with E-state index in [1.54, 1.807) is 0 Å². The quantitative estimate of drug-likeness (QED) is 0.440. The van der Waals surface area contributed by atoms with E-state index in [4.69, 9.17) is 4.84 Å². The van der Waals surface area contributed by atoms with Gasteiger partial charge in [-0.3, -0.25) is 14.3 Å². The van der Waals surface area contributed by atoms with Crippen LogP contribution in [-0.2, 0) is 18.3 Å². The number of carbonyl (C=O) groups excluding carboxylic acids is 1. The first-order valence-corrected chi connectivity index (χ1v) is 7.48. The molecule has 0 radical (unpaired) electrons. The summed E-state index contributed by atoms with van der Waals surface area (Å²) in [5, 5.41) is 4.34. The lowest BCUT2D eigenvalue weighted by molar-refractivity contribution is -0.119. The summed E-state index contributed by atoms with van der Waals surface area (Å²) in [6.07, 6.45) is -1.94. The predicted molar refractivity (Wildman–Crippen MR) is 80.8 cm³/mol. The average Bonchev–Trinajstić information content (AvgIpc) is 2.95. The van der Waals surface area contributed by atoms with Crippen LogP contribution in [0.1, 0.15) is 35.0 Å². The van der Waals surface area contributed by atoms with E-state index in [9.17, 15) is 26.7 Å². The SMILES string of the molecule is CON(C(=O)c1cn(C)nc1C(F)F)C(C)Cc1cc(F)c(F)c(F)c1. The predicted octanol–water partition coefficient (Wildman–Crippen LogP) is 3.41. The van der Waals surface area contributed by atoms with Crippen molar-refractivity contribution in [1.82, 2.24) is 14.8 Å². The van der Waals surface area contributed by atoms with E-state index in [0.29, 0.717) is 0 Å². The van der Waals surface area contributed by atoms with Gasteiger partial charge in [0.05, 0.1) is 18.7 Å². The molecule has 26 heavy (non-hydrogen) atoms. The Morgan fingerprint density at radius 3 is 2.35 bits per heavy atom. The van der Waals surface area contributed by atoms with Gasteiger partial charge in [-0.15, -0.1) is 0 Å². The molecule has 1 atom stereocenters. The fourth-order valence-corrected chi connectivity index (χ4v) is 2.56. The van der Waals surface area contributed by atoms with Crippen molar-refractivity contribution in [2.75, 3.05) is 7.11 Å². The van der Waals surface area contributed by atoms with Crippen LogP contribution in [0.25, 0.3) is 0 Å². The summed E-state index contributed by atoms with van der Waals surface area (Å²) < 4.78 is 66.8. The number of carbonyl (C=O) groups is 1. The van der Waals surface area contributed by atoms with Crippen molar-refractivity contribution in [2.45, 2.75) is 25.8 Å². The van der Waals surface area contributed by atoms with E-state index in [-0.39, 0.29) is 17.5 Å². The zero-order valence-electron chi connectivity index (χ0n) is 14.1. The van der Waals surface area contributed by atoms with Crippen molar-refractivity contribution < 1.29 is 31.6 Å². The molecule has 1 aromatic heterocycles. The number of hydroxylamine groups is 2. The Morgan fingerprint density at radius 1 is 1.27 bits per heavy atom. The standard InChI is InChI=1S/C16H16F5N3O2/c1-8(4-9-5-11(17)13(19)12(18)6-9)24(26-3)16(25)10-7-23(2)22-14(10)15(20)21/h5-8,15H,4H2,1-3H3. The third kappa shape index (κ3) is 4.01. The molecule has 0 bridgehead atoms. The molecule has 0 aliphatic carbocycles. The Morgan fingerprint density at radius 2 is 1.85 bits per heavy atom. The number of aromatic nitrogens is 2. The smallest absolute Gasteiger partial charge is 0.275 e. The second-order valence-electron chi connectivity index (χ2n) is 5.64. The minimum Gasteiger partial charge on any atom is -0.275 e. The van der Waals surface area contributed by atoms with Gasteiger partial charge in [0.1, 0.15) is 5.69 Å². The number of alkyl halides is 2. The van der Waals surface area contributed by atoms with Gasteiger partial charge in [0.2, 0.25) is 0 Å². The molecule has 142 valence electrons. The third-order valence-corrected chi connectivity index (χ3v) is 3.67. The van der Waals surface area contributed by atoms with E-state index >= 15 is 0 Å². The maximum Gasteiger partial charge on any atom is 0.282 e.